The van der Waals surface area contributed by atoms with E-state index in [9.17, 15) is 22.8 Å². The molecule has 1 saturated heterocycles. The van der Waals surface area contributed by atoms with Gasteiger partial charge in [0.2, 0.25) is 5.89 Å². The summed E-state index contributed by atoms with van der Waals surface area (Å²) in [6.07, 6.45) is 0.326. The summed E-state index contributed by atoms with van der Waals surface area (Å²) in [5.74, 6) is 1.08. The van der Waals surface area contributed by atoms with Gasteiger partial charge < -0.3 is 20.0 Å². The maximum Gasteiger partial charge on any atom is 0.410 e. The van der Waals surface area contributed by atoms with Crippen LogP contribution in [0.25, 0.3) is 11.1 Å². The molecule has 1 aliphatic heterocycles. The first-order valence-electron chi connectivity index (χ1n) is 12.8. The Kier molecular flexibility index (Phi) is 6.03. The minimum absolute atomic E-state index is 0.00242. The predicted molar refractivity (Wildman–Crippen MR) is 126 cm³/mol. The lowest BCUT2D eigenvalue weighted by Crippen LogP contribution is -2.40. The second-order valence-electron chi connectivity index (χ2n) is 10.4. The van der Waals surface area contributed by atoms with Crippen LogP contribution in [-0.4, -0.2) is 50.9 Å². The van der Waals surface area contributed by atoms with Crippen molar-refractivity contribution >= 4 is 23.0 Å². The fraction of sp³-hybridized carbons (Fsp3) is 0.560. The molecule has 13 heteroatoms. The Bertz CT molecular complexity index is 1350. The Labute approximate surface area is 215 Å². The van der Waals surface area contributed by atoms with E-state index < -0.39 is 36.7 Å². The van der Waals surface area contributed by atoms with Crippen molar-refractivity contribution in [1.29, 1.82) is 0 Å². The third-order valence-corrected chi connectivity index (χ3v) is 7.60. The lowest BCUT2D eigenvalue weighted by molar-refractivity contribution is -0.149. The largest absolute Gasteiger partial charge is 0.438 e. The summed E-state index contributed by atoms with van der Waals surface area (Å²) in [5.41, 5.74) is 2.23. The molecule has 3 fully saturated rings. The van der Waals surface area contributed by atoms with Crippen molar-refractivity contribution in [2.75, 3.05) is 6.54 Å². The van der Waals surface area contributed by atoms with Gasteiger partial charge in [0.05, 0.1) is 6.54 Å². The molecule has 2 saturated carbocycles. The van der Waals surface area contributed by atoms with Crippen LogP contribution in [0.2, 0.25) is 0 Å². The number of nitrogens with one attached hydrogen (secondary N) is 2. The highest BCUT2D eigenvalue weighted by Gasteiger charge is 2.49. The predicted octanol–water partition coefficient (Wildman–Crippen LogP) is 4.14. The number of aryl methyl sites for hydroxylation is 1. The number of rotatable bonds is 9. The summed E-state index contributed by atoms with van der Waals surface area (Å²) in [6, 6.07) is 1.97. The smallest absolute Gasteiger partial charge is 0.410 e. The molecule has 2 N–H and O–H groups in total. The lowest BCUT2D eigenvalue weighted by Gasteiger charge is -2.25. The van der Waals surface area contributed by atoms with Gasteiger partial charge >= 0.3 is 12.2 Å². The Hall–Kier alpha value is -3.64. The number of hydrogen-bond acceptors (Lipinski definition) is 7. The summed E-state index contributed by atoms with van der Waals surface area (Å²) in [5, 5.41) is 12.7. The molecule has 3 aliphatic rings. The first-order valence-corrected chi connectivity index (χ1v) is 12.8. The van der Waals surface area contributed by atoms with Gasteiger partial charge in [-0.3, -0.25) is 4.79 Å². The third-order valence-electron chi connectivity index (χ3n) is 7.60. The van der Waals surface area contributed by atoms with Crippen LogP contribution in [0, 0.1) is 17.8 Å². The number of urea groups is 1. The van der Waals surface area contributed by atoms with Crippen LogP contribution in [0.4, 0.5) is 18.0 Å². The van der Waals surface area contributed by atoms with Gasteiger partial charge in [0.1, 0.15) is 23.3 Å². The Balaban J connectivity index is 1.26. The molecule has 2 atom stereocenters. The zero-order chi connectivity index (χ0) is 26.6. The van der Waals surface area contributed by atoms with E-state index in [4.69, 9.17) is 14.0 Å². The Morgan fingerprint density at radius 2 is 1.95 bits per heavy atom. The quantitative estimate of drug-likeness (QED) is 0.424. The highest BCUT2D eigenvalue weighted by Crippen LogP contribution is 2.54. The molecule has 3 amide bonds. The number of amides is 3. The van der Waals surface area contributed by atoms with Crippen LogP contribution in [0.1, 0.15) is 66.3 Å². The van der Waals surface area contributed by atoms with E-state index in [1.807, 2.05) is 12.2 Å². The minimum Gasteiger partial charge on any atom is -0.438 e. The zero-order valence-electron chi connectivity index (χ0n) is 20.6. The minimum atomic E-state index is -4.51. The molecule has 0 spiro atoms. The summed E-state index contributed by atoms with van der Waals surface area (Å²) in [6.45, 7) is 1.40. The van der Waals surface area contributed by atoms with E-state index in [1.54, 1.807) is 18.2 Å². The third kappa shape index (κ3) is 4.81. The molecule has 6 rings (SSSR count). The van der Waals surface area contributed by atoms with Crippen molar-refractivity contribution in [1.82, 2.24) is 30.8 Å². The van der Waals surface area contributed by atoms with Crippen molar-refractivity contribution in [3.05, 3.63) is 41.0 Å². The number of aromatic nitrogens is 3. The van der Waals surface area contributed by atoms with Gasteiger partial charge in [-0.1, -0.05) is 18.1 Å². The highest BCUT2D eigenvalue weighted by molar-refractivity contribution is 5.93. The fourth-order valence-electron chi connectivity index (χ4n) is 5.39. The number of fused-ring (bicyclic) bond motifs is 1. The zero-order valence-corrected chi connectivity index (χ0v) is 20.6. The fourth-order valence-corrected chi connectivity index (χ4v) is 5.39. The maximum absolute atomic E-state index is 13.2. The monoisotopic (exact) mass is 532 g/mol. The number of carbonyl (C=O) groups is 2. The van der Waals surface area contributed by atoms with Gasteiger partial charge in [-0.25, -0.2) is 14.4 Å². The molecule has 38 heavy (non-hydrogen) atoms. The molecular weight excluding hydrogens is 505 g/mol. The molecule has 1 aromatic carbocycles. The summed E-state index contributed by atoms with van der Waals surface area (Å²) in [7, 11) is 0. The van der Waals surface area contributed by atoms with Crippen LogP contribution >= 0.6 is 0 Å². The van der Waals surface area contributed by atoms with E-state index >= 15 is 0 Å². The molecular formula is C25H27F3N6O4. The van der Waals surface area contributed by atoms with Gasteiger partial charge in [-0.15, -0.1) is 0 Å². The van der Waals surface area contributed by atoms with Crippen LogP contribution in [0.5, 0.6) is 0 Å². The highest BCUT2D eigenvalue weighted by atomic mass is 19.4. The number of oxazole rings is 1. The molecule has 2 unspecified atom stereocenters. The molecule has 10 nitrogen and oxygen atoms in total. The van der Waals surface area contributed by atoms with E-state index in [0.717, 1.165) is 30.6 Å². The van der Waals surface area contributed by atoms with Crippen molar-refractivity contribution in [2.24, 2.45) is 17.8 Å². The van der Waals surface area contributed by atoms with E-state index in [0.29, 0.717) is 46.5 Å². The van der Waals surface area contributed by atoms with E-state index in [-0.39, 0.29) is 18.2 Å². The van der Waals surface area contributed by atoms with E-state index in [2.05, 4.69) is 15.6 Å². The van der Waals surface area contributed by atoms with E-state index in [1.165, 1.54) is 0 Å². The molecule has 3 heterocycles. The summed E-state index contributed by atoms with van der Waals surface area (Å²) < 4.78 is 50.0. The van der Waals surface area contributed by atoms with Crippen molar-refractivity contribution in [2.45, 2.75) is 63.8 Å². The van der Waals surface area contributed by atoms with Gasteiger partial charge in [-0.2, -0.15) is 13.2 Å². The number of nitrogens with zero attached hydrogens (tertiary/aromatic N) is 4. The molecule has 0 radical (unpaired) electrons. The van der Waals surface area contributed by atoms with Gasteiger partial charge in [0, 0.05) is 6.54 Å². The lowest BCUT2D eigenvalue weighted by atomic mass is 9.89. The molecule has 202 valence electrons. The molecule has 3 aromatic rings. The summed E-state index contributed by atoms with van der Waals surface area (Å²) >= 11 is 0. The number of alkyl halides is 3. The number of halogens is 3. The molecule has 2 aromatic heterocycles. The second-order valence-corrected chi connectivity index (χ2v) is 10.4. The Morgan fingerprint density at radius 3 is 2.58 bits per heavy atom. The summed E-state index contributed by atoms with van der Waals surface area (Å²) in [4.78, 5) is 31.1. The van der Waals surface area contributed by atoms with Crippen molar-refractivity contribution in [3.8, 4) is 0 Å². The molecule has 0 bridgehead atoms. The standard InChI is InChI=1S/C25H27F3N6O4/c1-2-15-20(33-38-32-15)22(35)31-21(19(13-4-5-13)14-6-7-14)23-29-16-9-12(3-8-17(16)37-23)10-34-11-18(25(26,27)28)30-24(34)36/h3,8-9,13-14,18-19,21H,2,4-7,10-11H2,1H3,(H,30,36)(H,31,35). The first kappa shape index (κ1) is 24.7. The number of carbonyl (C=O) groups excluding carboxylic acids is 2. The van der Waals surface area contributed by atoms with Crippen molar-refractivity contribution < 1.29 is 31.8 Å². The average molecular weight is 533 g/mol. The first-order chi connectivity index (χ1) is 18.2. The van der Waals surface area contributed by atoms with Crippen LogP contribution in [0.15, 0.2) is 27.2 Å². The van der Waals surface area contributed by atoms with Gasteiger partial charge in [0.25, 0.3) is 5.91 Å². The van der Waals surface area contributed by atoms with Gasteiger partial charge in [0.15, 0.2) is 11.3 Å². The SMILES string of the molecule is CCc1nonc1C(=O)NC(c1nc2cc(CN3CC(C(F)(F)F)NC3=O)ccc2o1)C(C1CC1)C1CC1. The van der Waals surface area contributed by atoms with Gasteiger partial charge in [-0.05, 0) is 72.7 Å². The maximum atomic E-state index is 13.2. The number of benzene rings is 1. The second kappa shape index (κ2) is 9.28. The van der Waals surface area contributed by atoms with Crippen LogP contribution < -0.4 is 10.6 Å². The Morgan fingerprint density at radius 1 is 1.21 bits per heavy atom. The number of hydrogen-bond donors (Lipinski definition) is 2. The topological polar surface area (TPSA) is 126 Å². The van der Waals surface area contributed by atoms with Crippen LogP contribution in [-0.2, 0) is 13.0 Å². The van der Waals surface area contributed by atoms with Crippen LogP contribution in [0.3, 0.4) is 0 Å². The van der Waals surface area contributed by atoms with Crippen molar-refractivity contribution in [3.63, 3.8) is 0 Å². The normalized spacial score (nSPS) is 20.8. The average Bonchev–Trinajstić information content (AvgIpc) is 3.76. The molecule has 2 aliphatic carbocycles.